The molecule has 1 amide bonds. The summed E-state index contributed by atoms with van der Waals surface area (Å²) in [6.45, 7) is 8.28. The van der Waals surface area contributed by atoms with E-state index in [9.17, 15) is 9.59 Å². The van der Waals surface area contributed by atoms with E-state index in [1.54, 1.807) is 29.8 Å². The molecule has 0 aliphatic rings. The Kier molecular flexibility index (Phi) is 7.82. The van der Waals surface area contributed by atoms with Crippen LogP contribution in [0.15, 0.2) is 54.6 Å². The maximum absolute atomic E-state index is 12.5. The van der Waals surface area contributed by atoms with Gasteiger partial charge < -0.3 is 10.1 Å². The molecule has 0 bridgehead atoms. The summed E-state index contributed by atoms with van der Waals surface area (Å²) >= 11 is 0. The molecule has 1 heterocycles. The van der Waals surface area contributed by atoms with Crippen LogP contribution in [0.2, 0.25) is 0 Å². The van der Waals surface area contributed by atoms with Gasteiger partial charge in [0.15, 0.2) is 5.69 Å². The molecule has 0 fully saturated rings. The van der Waals surface area contributed by atoms with Crippen molar-refractivity contribution >= 4 is 11.9 Å². The Labute approximate surface area is 189 Å². The van der Waals surface area contributed by atoms with E-state index in [2.05, 4.69) is 43.3 Å². The zero-order chi connectivity index (χ0) is 23.1. The third kappa shape index (κ3) is 5.25. The topological polar surface area (TPSA) is 73.2 Å². The maximum Gasteiger partial charge on any atom is 0.358 e. The van der Waals surface area contributed by atoms with Crippen LogP contribution in [0.1, 0.15) is 66.9 Å². The van der Waals surface area contributed by atoms with E-state index in [0.29, 0.717) is 5.56 Å². The number of carbonyl (C=O) groups is 2. The highest BCUT2D eigenvalue weighted by molar-refractivity contribution is 5.94. The summed E-state index contributed by atoms with van der Waals surface area (Å²) in [5.41, 5.74) is 4.56. The Morgan fingerprint density at radius 2 is 1.62 bits per heavy atom. The molecule has 0 spiro atoms. The van der Waals surface area contributed by atoms with Crippen molar-refractivity contribution in [3.63, 3.8) is 0 Å². The van der Waals surface area contributed by atoms with Crippen LogP contribution in [-0.2, 0) is 11.2 Å². The molecule has 0 saturated carbocycles. The molecule has 0 radical (unpaired) electrons. The predicted octanol–water partition coefficient (Wildman–Crippen LogP) is 5.20. The molecule has 2 aromatic carbocycles. The van der Waals surface area contributed by atoms with Gasteiger partial charge in [0.2, 0.25) is 0 Å². The first kappa shape index (κ1) is 23.3. The van der Waals surface area contributed by atoms with Crippen LogP contribution in [0, 0.1) is 0 Å². The summed E-state index contributed by atoms with van der Waals surface area (Å²) in [7, 11) is 0. The Bertz CT molecular complexity index is 1050. The molecule has 0 unspecified atom stereocenters. The number of aromatic nitrogens is 2. The van der Waals surface area contributed by atoms with E-state index in [-0.39, 0.29) is 24.2 Å². The lowest BCUT2D eigenvalue weighted by Crippen LogP contribution is -2.33. The minimum Gasteiger partial charge on any atom is -0.461 e. The van der Waals surface area contributed by atoms with Crippen molar-refractivity contribution in [2.24, 2.45) is 0 Å². The number of rotatable bonds is 9. The van der Waals surface area contributed by atoms with Gasteiger partial charge in [-0.1, -0.05) is 45.0 Å². The standard InChI is InChI=1S/C26H31N3O3/c1-5-18-9-11-19(12-10-18)24-17-23(26(31)32-8-4)28-29(24)22-15-13-20(14-16-22)25(30)27-21(6-2)7-3/h9-17,21H,5-8H2,1-4H3,(H,27,30). The van der Waals surface area contributed by atoms with Crippen molar-refractivity contribution in [1.29, 1.82) is 0 Å². The predicted molar refractivity (Wildman–Crippen MR) is 126 cm³/mol. The smallest absolute Gasteiger partial charge is 0.358 e. The van der Waals surface area contributed by atoms with Crippen LogP contribution in [0.3, 0.4) is 0 Å². The number of nitrogens with zero attached hydrogens (tertiary/aromatic N) is 2. The van der Waals surface area contributed by atoms with Gasteiger partial charge >= 0.3 is 5.97 Å². The summed E-state index contributed by atoms with van der Waals surface area (Å²) in [4.78, 5) is 24.9. The van der Waals surface area contributed by atoms with E-state index < -0.39 is 5.97 Å². The zero-order valence-electron chi connectivity index (χ0n) is 19.2. The van der Waals surface area contributed by atoms with Crippen molar-refractivity contribution in [1.82, 2.24) is 15.1 Å². The number of hydrogen-bond acceptors (Lipinski definition) is 4. The molecule has 32 heavy (non-hydrogen) atoms. The van der Waals surface area contributed by atoms with Crippen molar-refractivity contribution in [2.75, 3.05) is 6.61 Å². The highest BCUT2D eigenvalue weighted by atomic mass is 16.5. The van der Waals surface area contributed by atoms with Gasteiger partial charge in [-0.25, -0.2) is 9.48 Å². The Hall–Kier alpha value is -3.41. The second kappa shape index (κ2) is 10.8. The fraction of sp³-hybridized carbons (Fsp3) is 0.346. The number of nitrogens with one attached hydrogen (secondary N) is 1. The molecule has 168 valence electrons. The van der Waals surface area contributed by atoms with E-state index in [4.69, 9.17) is 4.74 Å². The fourth-order valence-corrected chi connectivity index (χ4v) is 3.52. The second-order valence-corrected chi connectivity index (χ2v) is 7.63. The maximum atomic E-state index is 12.5. The number of aryl methyl sites for hydroxylation is 1. The van der Waals surface area contributed by atoms with Crippen LogP contribution in [-0.4, -0.2) is 34.3 Å². The van der Waals surface area contributed by atoms with E-state index >= 15 is 0 Å². The lowest BCUT2D eigenvalue weighted by atomic mass is 10.1. The first-order chi connectivity index (χ1) is 15.5. The van der Waals surface area contributed by atoms with Crippen molar-refractivity contribution in [2.45, 2.75) is 53.0 Å². The number of esters is 1. The molecule has 0 atom stereocenters. The van der Waals surface area contributed by atoms with Crippen LogP contribution in [0.25, 0.3) is 16.9 Å². The lowest BCUT2D eigenvalue weighted by Gasteiger charge is -2.15. The summed E-state index contributed by atoms with van der Waals surface area (Å²) in [6.07, 6.45) is 2.74. The van der Waals surface area contributed by atoms with Crippen LogP contribution in [0.5, 0.6) is 0 Å². The lowest BCUT2D eigenvalue weighted by molar-refractivity contribution is 0.0518. The van der Waals surface area contributed by atoms with Crippen LogP contribution < -0.4 is 5.32 Å². The first-order valence-corrected chi connectivity index (χ1v) is 11.3. The quantitative estimate of drug-likeness (QED) is 0.471. The van der Waals surface area contributed by atoms with Gasteiger partial charge in [-0.3, -0.25) is 4.79 Å². The summed E-state index contributed by atoms with van der Waals surface area (Å²) in [6, 6.07) is 17.3. The van der Waals surface area contributed by atoms with Gasteiger partial charge in [0, 0.05) is 17.2 Å². The van der Waals surface area contributed by atoms with Gasteiger partial charge in [-0.15, -0.1) is 0 Å². The first-order valence-electron chi connectivity index (χ1n) is 11.3. The molecule has 0 saturated heterocycles. The molecular formula is C26H31N3O3. The normalized spacial score (nSPS) is 10.9. The van der Waals surface area contributed by atoms with Gasteiger partial charge in [-0.2, -0.15) is 5.10 Å². The van der Waals surface area contributed by atoms with Crippen LogP contribution >= 0.6 is 0 Å². The van der Waals surface area contributed by atoms with Gasteiger partial charge in [0.1, 0.15) is 0 Å². The zero-order valence-corrected chi connectivity index (χ0v) is 19.2. The molecule has 6 heteroatoms. The second-order valence-electron chi connectivity index (χ2n) is 7.63. The van der Waals surface area contributed by atoms with E-state index in [1.807, 2.05) is 24.3 Å². The number of amides is 1. The molecule has 0 aliphatic carbocycles. The monoisotopic (exact) mass is 433 g/mol. The molecule has 3 rings (SSSR count). The molecule has 1 N–H and O–H groups in total. The Balaban J connectivity index is 1.96. The molecule has 1 aromatic heterocycles. The highest BCUT2D eigenvalue weighted by Crippen LogP contribution is 2.25. The molecular weight excluding hydrogens is 402 g/mol. The number of benzene rings is 2. The largest absolute Gasteiger partial charge is 0.461 e. The number of hydrogen-bond donors (Lipinski definition) is 1. The van der Waals surface area contributed by atoms with Crippen LogP contribution in [0.4, 0.5) is 0 Å². The summed E-state index contributed by atoms with van der Waals surface area (Å²) in [5, 5.41) is 7.56. The molecule has 3 aromatic rings. The molecule has 0 aliphatic heterocycles. The Morgan fingerprint density at radius 1 is 0.969 bits per heavy atom. The van der Waals surface area contributed by atoms with E-state index in [1.165, 1.54) is 5.56 Å². The average molecular weight is 434 g/mol. The van der Waals surface area contributed by atoms with E-state index in [0.717, 1.165) is 36.2 Å². The Morgan fingerprint density at radius 3 is 2.19 bits per heavy atom. The summed E-state index contributed by atoms with van der Waals surface area (Å²) in [5.74, 6) is -0.549. The number of ether oxygens (including phenoxy) is 1. The summed E-state index contributed by atoms with van der Waals surface area (Å²) < 4.78 is 6.86. The minimum atomic E-state index is -0.459. The minimum absolute atomic E-state index is 0.0895. The van der Waals surface area contributed by atoms with Crippen molar-refractivity contribution in [3.05, 3.63) is 71.4 Å². The highest BCUT2D eigenvalue weighted by Gasteiger charge is 2.18. The van der Waals surface area contributed by atoms with Crippen molar-refractivity contribution < 1.29 is 14.3 Å². The molecule has 6 nitrogen and oxygen atoms in total. The van der Waals surface area contributed by atoms with Gasteiger partial charge in [0.25, 0.3) is 5.91 Å². The van der Waals surface area contributed by atoms with Crippen molar-refractivity contribution in [3.8, 4) is 16.9 Å². The fourth-order valence-electron chi connectivity index (χ4n) is 3.52. The third-order valence-corrected chi connectivity index (χ3v) is 5.55. The van der Waals surface area contributed by atoms with Gasteiger partial charge in [-0.05, 0) is 62.1 Å². The van der Waals surface area contributed by atoms with Gasteiger partial charge in [0.05, 0.1) is 18.0 Å². The average Bonchev–Trinajstić information content (AvgIpc) is 3.28. The third-order valence-electron chi connectivity index (χ3n) is 5.55. The number of carbonyl (C=O) groups excluding carboxylic acids is 2. The SMILES string of the molecule is CCOC(=O)c1cc(-c2ccc(CC)cc2)n(-c2ccc(C(=O)NC(CC)CC)cc2)n1.